The van der Waals surface area contributed by atoms with Gasteiger partial charge in [0.05, 0.1) is 0 Å². The van der Waals surface area contributed by atoms with Crippen LogP contribution < -0.4 is 10.6 Å². The van der Waals surface area contributed by atoms with Crippen molar-refractivity contribution in [3.8, 4) is 0 Å². The molecule has 0 aromatic heterocycles. The van der Waals surface area contributed by atoms with Gasteiger partial charge in [0.25, 0.3) is 0 Å². The number of carbonyl (C=O) groups excluding carboxylic acids is 1. The van der Waals surface area contributed by atoms with Crippen molar-refractivity contribution >= 4 is 5.91 Å². The Balaban J connectivity index is 2.01. The molecule has 0 bridgehead atoms. The zero-order chi connectivity index (χ0) is 14.6. The third kappa shape index (κ3) is 3.27. The van der Waals surface area contributed by atoms with Gasteiger partial charge >= 0.3 is 6.18 Å². The molecule has 0 aromatic carbocycles. The monoisotopic (exact) mass is 292 g/mol. The van der Waals surface area contributed by atoms with Crippen LogP contribution in [0.4, 0.5) is 13.2 Å². The van der Waals surface area contributed by atoms with E-state index >= 15 is 0 Å². The number of rotatable bonds is 2. The van der Waals surface area contributed by atoms with Crippen molar-refractivity contribution in [1.82, 2.24) is 10.6 Å². The minimum Gasteiger partial charge on any atom is -0.353 e. The Morgan fingerprint density at radius 2 is 1.70 bits per heavy atom. The average Bonchev–Trinajstić information content (AvgIpc) is 2.82. The summed E-state index contributed by atoms with van der Waals surface area (Å²) in [4.78, 5) is 12.2. The molecule has 2 rings (SSSR count). The Kier molecular flexibility index (Phi) is 4.94. The molecule has 1 saturated carbocycles. The van der Waals surface area contributed by atoms with E-state index in [0.29, 0.717) is 0 Å². The summed E-state index contributed by atoms with van der Waals surface area (Å²) in [7, 11) is 0. The van der Waals surface area contributed by atoms with Gasteiger partial charge in [-0.15, -0.1) is 0 Å². The number of hydrogen-bond donors (Lipinski definition) is 2. The summed E-state index contributed by atoms with van der Waals surface area (Å²) >= 11 is 0. The van der Waals surface area contributed by atoms with Crippen molar-refractivity contribution in [3.05, 3.63) is 0 Å². The maximum atomic E-state index is 13.3. The molecule has 6 heteroatoms. The molecular weight excluding hydrogens is 269 g/mol. The van der Waals surface area contributed by atoms with Gasteiger partial charge in [-0.1, -0.05) is 32.1 Å². The number of halogens is 3. The highest BCUT2D eigenvalue weighted by molar-refractivity contribution is 5.84. The molecule has 2 aliphatic rings. The number of carbonyl (C=O) groups is 1. The number of amides is 1. The maximum Gasteiger partial charge on any atom is 0.404 e. The summed E-state index contributed by atoms with van der Waals surface area (Å²) in [6, 6.07) is -0.0948. The maximum absolute atomic E-state index is 13.3. The molecule has 1 aliphatic carbocycles. The fraction of sp³-hybridized carbons (Fsp3) is 0.929. The van der Waals surface area contributed by atoms with Gasteiger partial charge < -0.3 is 10.6 Å². The molecule has 1 amide bonds. The Labute approximate surface area is 117 Å². The fourth-order valence-electron chi connectivity index (χ4n) is 3.18. The summed E-state index contributed by atoms with van der Waals surface area (Å²) in [5.41, 5.74) is -2.23. The number of hydrogen-bond acceptors (Lipinski definition) is 2. The van der Waals surface area contributed by atoms with Crippen LogP contribution in [0.15, 0.2) is 0 Å². The first-order chi connectivity index (χ1) is 9.46. The topological polar surface area (TPSA) is 41.1 Å². The highest BCUT2D eigenvalue weighted by Gasteiger charge is 2.61. The molecule has 2 N–H and O–H groups in total. The van der Waals surface area contributed by atoms with Gasteiger partial charge in [-0.25, -0.2) is 0 Å². The number of alkyl halides is 3. The van der Waals surface area contributed by atoms with Gasteiger partial charge in [0.15, 0.2) is 5.41 Å². The molecule has 1 unspecified atom stereocenters. The molecule has 1 saturated heterocycles. The third-order valence-electron chi connectivity index (χ3n) is 4.57. The standard InChI is InChI=1S/C14H23F3N2O/c15-14(16,17)13(8-9-18-10-13)12(20)19-11-6-4-2-1-3-5-7-11/h11,18H,1-10H2,(H,19,20). The van der Waals surface area contributed by atoms with Crippen LogP contribution in [0.3, 0.4) is 0 Å². The van der Waals surface area contributed by atoms with Crippen molar-refractivity contribution in [2.75, 3.05) is 13.1 Å². The van der Waals surface area contributed by atoms with Crippen molar-refractivity contribution < 1.29 is 18.0 Å². The highest BCUT2D eigenvalue weighted by atomic mass is 19.4. The molecule has 116 valence electrons. The first kappa shape index (κ1) is 15.6. The lowest BCUT2D eigenvalue weighted by molar-refractivity contribution is -0.216. The van der Waals surface area contributed by atoms with Crippen LogP contribution in [0.5, 0.6) is 0 Å². The molecule has 0 aromatic rings. The van der Waals surface area contributed by atoms with Gasteiger partial charge in [-0.05, 0) is 25.8 Å². The zero-order valence-corrected chi connectivity index (χ0v) is 11.7. The molecule has 0 radical (unpaired) electrons. The zero-order valence-electron chi connectivity index (χ0n) is 11.7. The molecular formula is C14H23F3N2O. The second-order valence-corrected chi connectivity index (χ2v) is 6.02. The molecule has 2 fully saturated rings. The minimum absolute atomic E-state index is 0.0948. The van der Waals surface area contributed by atoms with Crippen LogP contribution in [0.25, 0.3) is 0 Å². The van der Waals surface area contributed by atoms with Crippen molar-refractivity contribution in [2.45, 2.75) is 63.6 Å². The summed E-state index contributed by atoms with van der Waals surface area (Å²) in [6.07, 6.45) is 2.34. The fourth-order valence-corrected chi connectivity index (χ4v) is 3.18. The van der Waals surface area contributed by atoms with Crippen LogP contribution in [0.2, 0.25) is 0 Å². The second-order valence-electron chi connectivity index (χ2n) is 6.02. The predicted molar refractivity (Wildman–Crippen MR) is 70.2 cm³/mol. The van der Waals surface area contributed by atoms with Crippen LogP contribution >= 0.6 is 0 Å². The SMILES string of the molecule is O=C(NC1CCCCCCC1)C1(C(F)(F)F)CCNC1. The molecule has 3 nitrogen and oxygen atoms in total. The van der Waals surface area contributed by atoms with Gasteiger partial charge in [0.1, 0.15) is 0 Å². The van der Waals surface area contributed by atoms with E-state index in [1.807, 2.05) is 0 Å². The van der Waals surface area contributed by atoms with E-state index in [4.69, 9.17) is 0 Å². The van der Waals surface area contributed by atoms with Crippen LogP contribution in [0, 0.1) is 5.41 Å². The first-order valence-corrected chi connectivity index (χ1v) is 7.54. The van der Waals surface area contributed by atoms with Crippen LogP contribution in [-0.4, -0.2) is 31.2 Å². The lowest BCUT2D eigenvalue weighted by Crippen LogP contribution is -2.54. The van der Waals surface area contributed by atoms with Crippen molar-refractivity contribution in [2.24, 2.45) is 5.41 Å². The summed E-state index contributed by atoms with van der Waals surface area (Å²) in [6.45, 7) is -0.0490. The second kappa shape index (κ2) is 6.33. The summed E-state index contributed by atoms with van der Waals surface area (Å²) < 4.78 is 39.8. The molecule has 20 heavy (non-hydrogen) atoms. The summed E-state index contributed by atoms with van der Waals surface area (Å²) in [5.74, 6) is -0.833. The largest absolute Gasteiger partial charge is 0.404 e. The Morgan fingerprint density at radius 1 is 1.10 bits per heavy atom. The van der Waals surface area contributed by atoms with Crippen molar-refractivity contribution in [1.29, 1.82) is 0 Å². The van der Waals surface area contributed by atoms with E-state index in [9.17, 15) is 18.0 Å². The first-order valence-electron chi connectivity index (χ1n) is 7.54. The molecule has 1 aliphatic heterocycles. The Bertz CT molecular complexity index is 330. The van der Waals surface area contributed by atoms with Gasteiger partial charge in [-0.2, -0.15) is 13.2 Å². The quantitative estimate of drug-likeness (QED) is 0.821. The molecule has 1 atom stereocenters. The molecule has 1 heterocycles. The van der Waals surface area contributed by atoms with Crippen LogP contribution in [-0.2, 0) is 4.79 Å². The highest BCUT2D eigenvalue weighted by Crippen LogP contribution is 2.43. The summed E-state index contributed by atoms with van der Waals surface area (Å²) in [5, 5.41) is 5.36. The van der Waals surface area contributed by atoms with Gasteiger partial charge in [0, 0.05) is 12.6 Å². The average molecular weight is 292 g/mol. The van der Waals surface area contributed by atoms with E-state index in [2.05, 4.69) is 10.6 Å². The smallest absolute Gasteiger partial charge is 0.353 e. The van der Waals surface area contributed by atoms with Crippen molar-refractivity contribution in [3.63, 3.8) is 0 Å². The lowest BCUT2D eigenvalue weighted by Gasteiger charge is -2.32. The predicted octanol–water partition coefficient (Wildman–Crippen LogP) is 2.76. The van der Waals surface area contributed by atoms with Gasteiger partial charge in [-0.3, -0.25) is 4.79 Å². The van der Waals surface area contributed by atoms with E-state index in [0.717, 1.165) is 38.5 Å². The lowest BCUT2D eigenvalue weighted by atomic mass is 9.84. The Morgan fingerprint density at radius 3 is 2.20 bits per heavy atom. The van der Waals surface area contributed by atoms with E-state index < -0.39 is 17.5 Å². The minimum atomic E-state index is -4.48. The van der Waals surface area contributed by atoms with Crippen LogP contribution in [0.1, 0.15) is 51.4 Å². The molecule has 0 spiro atoms. The Hall–Kier alpha value is -0.780. The van der Waals surface area contributed by atoms with E-state index in [-0.39, 0.29) is 25.6 Å². The van der Waals surface area contributed by atoms with E-state index in [1.54, 1.807) is 0 Å². The normalized spacial score (nSPS) is 29.8. The number of nitrogens with one attached hydrogen (secondary N) is 2. The third-order valence-corrected chi connectivity index (χ3v) is 4.57. The van der Waals surface area contributed by atoms with E-state index in [1.165, 1.54) is 6.42 Å². The van der Waals surface area contributed by atoms with Gasteiger partial charge in [0.2, 0.25) is 5.91 Å².